The van der Waals surface area contributed by atoms with E-state index in [1.54, 1.807) is 48.2 Å². The summed E-state index contributed by atoms with van der Waals surface area (Å²) in [6.45, 7) is 1.88. The highest BCUT2D eigenvalue weighted by Gasteiger charge is 2.45. The van der Waals surface area contributed by atoms with Crippen molar-refractivity contribution in [1.29, 1.82) is 0 Å². The van der Waals surface area contributed by atoms with Gasteiger partial charge >= 0.3 is 5.97 Å². The number of amides is 2. The number of nitrogens with two attached hydrogens (primary N) is 1. The average molecular weight is 1620 g/mol. The number of oxazole rings is 3. The molecule has 6 heterocycles. The Morgan fingerprint density at radius 3 is 0.965 bits per heavy atom. The second-order valence-corrected chi connectivity index (χ2v) is 34.3. The third-order valence-corrected chi connectivity index (χ3v) is 25.6. The zero-order chi connectivity index (χ0) is 80.1. The molecule has 18 rings (SSSR count). The molecular weight excluding hydrogens is 1540 g/mol. The van der Waals surface area contributed by atoms with Crippen LogP contribution in [0.25, 0.3) is 33.3 Å². The summed E-state index contributed by atoms with van der Waals surface area (Å²) in [7, 11) is -5.91. The highest BCUT2D eigenvalue weighted by molar-refractivity contribution is 7.91. The minimum absolute atomic E-state index is 0.182. The summed E-state index contributed by atoms with van der Waals surface area (Å²) in [6, 6.07) is 60.9. The fraction of sp³-hybridized carbons (Fsp3) is 0.286. The van der Waals surface area contributed by atoms with Crippen LogP contribution in [0.2, 0.25) is 0 Å². The van der Waals surface area contributed by atoms with Gasteiger partial charge in [-0.25, -0.2) is 35.2 Å². The van der Waals surface area contributed by atoms with E-state index in [0.29, 0.717) is 126 Å². The number of ether oxygens (including phenoxy) is 6. The Morgan fingerprint density at radius 2 is 0.696 bits per heavy atom. The maximum Gasteiger partial charge on any atom is 0.326 e. The summed E-state index contributed by atoms with van der Waals surface area (Å²) in [4.78, 5) is 58.1. The van der Waals surface area contributed by atoms with E-state index in [1.807, 2.05) is 188 Å². The van der Waals surface area contributed by atoms with E-state index < -0.39 is 76.5 Å². The third kappa shape index (κ3) is 17.9. The van der Waals surface area contributed by atoms with Crippen molar-refractivity contribution in [3.63, 3.8) is 0 Å². The van der Waals surface area contributed by atoms with Gasteiger partial charge in [-0.05, 0) is 127 Å². The summed E-state index contributed by atoms with van der Waals surface area (Å²) >= 11 is 0. The van der Waals surface area contributed by atoms with Crippen molar-refractivity contribution < 1.29 is 86.4 Å². The number of carbonyl (C=O) groups is 3. The van der Waals surface area contributed by atoms with E-state index in [2.05, 4.69) is 24.4 Å². The number of hydrogen-bond acceptors (Lipinski definition) is 24. The van der Waals surface area contributed by atoms with Gasteiger partial charge in [-0.15, -0.1) is 0 Å². The van der Waals surface area contributed by atoms with E-state index in [0.717, 1.165) is 62.9 Å². The highest BCUT2D eigenvalue weighted by atomic mass is 32.2. The number of aliphatic carboxylic acids is 1. The van der Waals surface area contributed by atoms with Crippen molar-refractivity contribution in [3.8, 4) is 34.5 Å². The lowest BCUT2D eigenvalue weighted by atomic mass is 9.92. The van der Waals surface area contributed by atoms with Gasteiger partial charge in [0.05, 0.1) is 37.1 Å². The number of methoxy groups -OCH3 is 3. The van der Waals surface area contributed by atoms with E-state index in [9.17, 15) is 44.7 Å². The Balaban J connectivity index is 0.000000130. The number of rotatable bonds is 23. The molecule has 0 saturated heterocycles. The number of carbonyl (C=O) groups excluding carboxylic acids is 2. The highest BCUT2D eigenvalue weighted by Crippen LogP contribution is 2.45. The van der Waals surface area contributed by atoms with Crippen molar-refractivity contribution in [3.05, 3.63) is 250 Å². The van der Waals surface area contributed by atoms with Crippen LogP contribution in [-0.2, 0) is 103 Å². The number of fused-ring (bicyclic) bond motifs is 6. The molecule has 6 aliphatic rings. The Kier molecular flexibility index (Phi) is 22.7. The number of carboxylic acid groups (broad SMARTS) is 1. The fourth-order valence-electron chi connectivity index (χ4n) is 14.0. The molecular formula is C84H83N9O19S3. The molecule has 3 saturated carbocycles. The number of para-hydroxylation sites is 6. The number of aromatic nitrogens is 3. The van der Waals surface area contributed by atoms with E-state index in [-0.39, 0.29) is 49.6 Å². The lowest BCUT2D eigenvalue weighted by molar-refractivity contribution is -0.138. The van der Waals surface area contributed by atoms with Crippen molar-refractivity contribution in [2.75, 3.05) is 36.0 Å². The number of hydrogen-bond donors (Lipinski definition) is 4. The molecule has 115 heavy (non-hydrogen) atoms. The van der Waals surface area contributed by atoms with Gasteiger partial charge in [0.1, 0.15) is 54.5 Å². The smallest absolute Gasteiger partial charge is 0.326 e. The molecule has 28 nitrogen and oxygen atoms in total. The van der Waals surface area contributed by atoms with Crippen LogP contribution in [-0.4, -0.2) is 118 Å². The first kappa shape index (κ1) is 78.1. The second-order valence-electron chi connectivity index (χ2n) is 28.5. The molecule has 0 bridgehead atoms. The van der Waals surface area contributed by atoms with Gasteiger partial charge in [-0.2, -0.15) is 15.0 Å². The van der Waals surface area contributed by atoms with E-state index >= 15 is 0 Å². The molecule has 3 fully saturated rings. The number of benzene rings is 9. The molecule has 3 aliphatic heterocycles. The van der Waals surface area contributed by atoms with Crippen molar-refractivity contribution in [1.82, 2.24) is 24.4 Å². The number of carboxylic acids is 1. The van der Waals surface area contributed by atoms with E-state index in [1.165, 1.54) is 0 Å². The molecule has 3 atom stereocenters. The quantitative estimate of drug-likeness (QED) is 0.0462. The molecule has 3 unspecified atom stereocenters. The molecule has 31 heteroatoms. The van der Waals surface area contributed by atoms with Crippen LogP contribution in [0.1, 0.15) is 88.6 Å². The van der Waals surface area contributed by atoms with Gasteiger partial charge in [0.15, 0.2) is 51.2 Å². The number of primary sulfonamides is 1. The van der Waals surface area contributed by atoms with Crippen LogP contribution in [0.15, 0.2) is 213 Å². The zero-order valence-corrected chi connectivity index (χ0v) is 65.4. The first-order valence-electron chi connectivity index (χ1n) is 37.4. The summed E-state index contributed by atoms with van der Waals surface area (Å²) in [6.07, 6.45) is 4.35. The molecule has 9 aromatic carbocycles. The van der Waals surface area contributed by atoms with E-state index in [4.69, 9.17) is 46.8 Å². The number of sulfonamides is 3. The molecule has 596 valence electrons. The fourth-order valence-corrected chi connectivity index (χ4v) is 17.4. The molecule has 3 aliphatic carbocycles. The largest absolute Gasteiger partial charge is 0.493 e. The molecule has 12 aromatic rings. The van der Waals surface area contributed by atoms with Crippen LogP contribution >= 0.6 is 0 Å². The maximum atomic E-state index is 13.5. The summed E-state index contributed by atoms with van der Waals surface area (Å²) in [5.74, 6) is 1.12. The van der Waals surface area contributed by atoms with Gasteiger partial charge in [-0.1, -0.05) is 146 Å². The van der Waals surface area contributed by atoms with Crippen LogP contribution in [0.5, 0.6) is 34.5 Å². The lowest BCUT2D eigenvalue weighted by Gasteiger charge is -2.35. The topological polar surface area (TPSA) is 367 Å². The Labute approximate surface area is 663 Å². The molecule has 5 N–H and O–H groups in total. The summed E-state index contributed by atoms with van der Waals surface area (Å²) in [5.41, 5.74) is 12.0. The van der Waals surface area contributed by atoms with Gasteiger partial charge in [-0.3, -0.25) is 19.0 Å². The molecule has 0 radical (unpaired) electrons. The number of anilines is 3. The Hall–Kier alpha value is -12.2. The average Bonchev–Trinajstić information content (AvgIpc) is 1.66. The lowest BCUT2D eigenvalue weighted by Crippen LogP contribution is -2.52. The standard InChI is InChI=1S/2C28H27N3O6S.C25H22N2O5.C3H7NO2S/c2*1-35-25-14-11-19-16-31(28-29-22-9-5-6-10-24(22)37-28)23(27(32)30-38(33,34)20-12-13-20)15-21(19)26(25)36-17-18-7-3-2-4-8-18;1-30-22-12-11-17-14-27(25-26-19-9-5-6-10-21(19)32-25)20(24(28)29)13-18(17)23(22)31-15-16-7-3-2-4-8-16;4-7(5,6)3-1-2-3/h2*2-11,14,20,23H,12-13,15-17H2,1H3,(H,30,32);2-12,20H,13-15H2,1H3,(H,28,29);3H,1-2H2,(H2,4,5,6). The van der Waals surface area contributed by atoms with Crippen LogP contribution in [0.4, 0.5) is 18.0 Å². The van der Waals surface area contributed by atoms with Crippen LogP contribution < -0.4 is 57.7 Å². The Bertz CT molecular complexity index is 5580. The normalized spacial score (nSPS) is 17.0. The van der Waals surface area contributed by atoms with Crippen LogP contribution in [0, 0.1) is 0 Å². The van der Waals surface area contributed by atoms with Gasteiger partial charge in [0.25, 0.3) is 29.9 Å². The minimum atomic E-state index is -3.75. The predicted octanol–water partition coefficient (Wildman–Crippen LogP) is 11.8. The van der Waals surface area contributed by atoms with Gasteiger partial charge < -0.3 is 61.5 Å². The minimum Gasteiger partial charge on any atom is -0.493 e. The first-order valence-corrected chi connectivity index (χ1v) is 42.1. The van der Waals surface area contributed by atoms with Crippen LogP contribution in [0.3, 0.4) is 0 Å². The summed E-state index contributed by atoms with van der Waals surface area (Å²) < 4.78 is 129. The van der Waals surface area contributed by atoms with Crippen molar-refractivity contribution in [2.45, 2.75) is 131 Å². The monoisotopic (exact) mass is 1620 g/mol. The predicted molar refractivity (Wildman–Crippen MR) is 428 cm³/mol. The summed E-state index contributed by atoms with van der Waals surface area (Å²) in [5, 5.41) is 13.5. The van der Waals surface area contributed by atoms with Crippen molar-refractivity contribution in [2.24, 2.45) is 5.14 Å². The maximum absolute atomic E-state index is 13.5. The Morgan fingerprint density at radius 1 is 0.409 bits per heavy atom. The first-order chi connectivity index (χ1) is 55.6. The molecule has 3 aromatic heterocycles. The van der Waals surface area contributed by atoms with Gasteiger partial charge in [0, 0.05) is 55.6 Å². The third-order valence-electron chi connectivity index (χ3n) is 20.5. The van der Waals surface area contributed by atoms with Crippen molar-refractivity contribution >= 4 is 99.2 Å². The number of nitrogens with one attached hydrogen (secondary N) is 2. The second kappa shape index (κ2) is 33.5. The van der Waals surface area contributed by atoms with Gasteiger partial charge in [0.2, 0.25) is 30.1 Å². The zero-order valence-electron chi connectivity index (χ0n) is 62.9. The number of nitrogens with zero attached hydrogens (tertiary/aromatic N) is 6. The SMILES string of the molecule is COc1ccc2c(c1OCc1ccccc1)CC(C(=O)NS(=O)(=O)C1CC1)N(c1nc3ccccc3o1)C2.COc1ccc2c(c1OCc1ccccc1)CC(C(=O)NS(=O)(=O)C1CC1)N(c1nc3ccccc3o1)C2.COc1ccc2c(c1OCc1ccccc1)CC(C(=O)O)N(c1nc3ccccc3o1)C2.NS(=O)(=O)C1CC1. The molecule has 2 amide bonds. The molecule has 0 spiro atoms.